The molecule has 2 atom stereocenters. The van der Waals surface area contributed by atoms with Gasteiger partial charge in [-0.3, -0.25) is 9.59 Å². The minimum atomic E-state index is -2.74. The predicted octanol–water partition coefficient (Wildman–Crippen LogP) is 7.42. The molecule has 2 unspecified atom stereocenters. The topological polar surface area (TPSA) is 71.5 Å². The highest BCUT2D eigenvalue weighted by molar-refractivity contribution is 7.91. The molecule has 0 spiro atoms. The maximum absolute atomic E-state index is 12.9. The fourth-order valence-corrected chi connectivity index (χ4v) is 3.96. The van der Waals surface area contributed by atoms with Crippen molar-refractivity contribution in [1.29, 1.82) is 0 Å². The average Bonchev–Trinajstić information content (AvgIpc) is 2.83. The Morgan fingerprint density at radius 2 is 1.46 bits per heavy atom. The zero-order chi connectivity index (χ0) is 28.2. The molecule has 5 nitrogen and oxygen atoms in total. The summed E-state index contributed by atoms with van der Waals surface area (Å²) >= 11 is 11.5. The molecule has 2 aromatic carbocycles. The lowest BCUT2D eigenvalue weighted by Gasteiger charge is -2.40. The molecule has 8 heteroatoms. The second-order valence-corrected chi connectivity index (χ2v) is 13.5. The number of carbonyl (C=O) groups excluding carboxylic acids is 2. The van der Waals surface area contributed by atoms with Gasteiger partial charge in [-0.25, -0.2) is 8.42 Å². The highest BCUT2D eigenvalue weighted by Gasteiger charge is 2.36. The molecular formula is C29H41Cl2NO4S. The molecule has 37 heavy (non-hydrogen) atoms. The van der Waals surface area contributed by atoms with Crippen molar-refractivity contribution in [3.05, 3.63) is 70.2 Å². The van der Waals surface area contributed by atoms with Gasteiger partial charge in [-0.1, -0.05) is 74.3 Å². The molecule has 0 aliphatic carbocycles. The molecule has 1 saturated heterocycles. The van der Waals surface area contributed by atoms with Crippen molar-refractivity contribution >= 4 is 44.7 Å². The van der Waals surface area contributed by atoms with Gasteiger partial charge in [-0.2, -0.15) is 0 Å². The van der Waals surface area contributed by atoms with Gasteiger partial charge in [0.1, 0.15) is 15.6 Å². The molecule has 206 valence electrons. The fourth-order valence-electron chi connectivity index (χ4n) is 3.69. The van der Waals surface area contributed by atoms with Crippen LogP contribution in [0.4, 0.5) is 0 Å². The van der Waals surface area contributed by atoms with Gasteiger partial charge in [0.2, 0.25) is 5.91 Å². The first-order valence-corrected chi connectivity index (χ1v) is 15.4. The molecule has 0 aromatic heterocycles. The molecule has 0 radical (unpaired) electrons. The zero-order valence-corrected chi connectivity index (χ0v) is 25.1. The molecule has 1 aliphatic rings. The van der Waals surface area contributed by atoms with E-state index in [0.29, 0.717) is 23.8 Å². The van der Waals surface area contributed by atoms with E-state index in [1.165, 1.54) is 6.26 Å². The van der Waals surface area contributed by atoms with Gasteiger partial charge in [-0.15, -0.1) is 0 Å². The lowest BCUT2D eigenvalue weighted by atomic mass is 9.85. The highest BCUT2D eigenvalue weighted by atomic mass is 35.5. The third-order valence-electron chi connectivity index (χ3n) is 6.07. The molecule has 0 saturated carbocycles. The summed E-state index contributed by atoms with van der Waals surface area (Å²) in [7, 11) is -2.74. The standard InChI is InChI=1S/C19H26ClNO2.C6H5Cl.C4H10O2S/c1-4-17(22)11-15-7-10-18(14-5-8-16(20)9-6-14)21(19(15)23)12-13(2)3;7-6-4-2-1-3-5-6;1-4(2)7(3,5)6/h5-6,8-9,13,15,18H,4,7,10-12H2,1-3H3;1-5H;4H,1-3H3. The van der Waals surface area contributed by atoms with Crippen molar-refractivity contribution in [2.24, 2.45) is 11.8 Å². The van der Waals surface area contributed by atoms with Crippen LogP contribution in [0.1, 0.15) is 71.9 Å². The van der Waals surface area contributed by atoms with Gasteiger partial charge in [0.15, 0.2) is 0 Å². The fraction of sp³-hybridized carbons (Fsp3) is 0.517. The highest BCUT2D eigenvalue weighted by Crippen LogP contribution is 2.36. The average molecular weight is 571 g/mol. The minimum absolute atomic E-state index is 0.0927. The number of carbonyl (C=O) groups is 2. The Labute approximate surface area is 233 Å². The maximum Gasteiger partial charge on any atom is 0.226 e. The van der Waals surface area contributed by atoms with Crippen molar-refractivity contribution in [2.45, 2.75) is 71.6 Å². The van der Waals surface area contributed by atoms with Crippen LogP contribution >= 0.6 is 23.2 Å². The number of amides is 1. The Kier molecular flexibility index (Phi) is 14.5. The summed E-state index contributed by atoms with van der Waals surface area (Å²) in [6.45, 7) is 10.1. The van der Waals surface area contributed by atoms with Crippen LogP contribution in [0.5, 0.6) is 0 Å². The summed E-state index contributed by atoms with van der Waals surface area (Å²) < 4.78 is 20.7. The van der Waals surface area contributed by atoms with E-state index in [9.17, 15) is 18.0 Å². The van der Waals surface area contributed by atoms with Crippen LogP contribution in [0.15, 0.2) is 54.6 Å². The van der Waals surface area contributed by atoms with E-state index in [0.717, 1.165) is 30.0 Å². The number of piperidine rings is 1. The molecule has 1 amide bonds. The summed E-state index contributed by atoms with van der Waals surface area (Å²) in [6.07, 6.45) is 3.82. The monoisotopic (exact) mass is 569 g/mol. The first kappa shape index (κ1) is 33.1. The van der Waals surface area contributed by atoms with E-state index in [-0.39, 0.29) is 28.9 Å². The summed E-state index contributed by atoms with van der Waals surface area (Å²) in [5.74, 6) is 0.559. The molecule has 1 fully saturated rings. The normalized spacial score (nSPS) is 17.6. The van der Waals surface area contributed by atoms with Crippen LogP contribution in [0, 0.1) is 11.8 Å². The largest absolute Gasteiger partial charge is 0.335 e. The summed E-state index contributed by atoms with van der Waals surface area (Å²) in [5.41, 5.74) is 1.13. The molecule has 1 heterocycles. The predicted molar refractivity (Wildman–Crippen MR) is 155 cm³/mol. The van der Waals surface area contributed by atoms with Crippen molar-refractivity contribution in [3.8, 4) is 0 Å². The van der Waals surface area contributed by atoms with E-state index in [1.54, 1.807) is 13.8 Å². The second-order valence-electron chi connectivity index (χ2n) is 10.00. The van der Waals surface area contributed by atoms with Crippen LogP contribution in [0.25, 0.3) is 0 Å². The van der Waals surface area contributed by atoms with Gasteiger partial charge in [-0.05, 0) is 62.4 Å². The van der Waals surface area contributed by atoms with Gasteiger partial charge in [0.05, 0.1) is 11.3 Å². The SMILES string of the molecule is CC(C)S(C)(=O)=O.CCC(=O)CC1CCC(c2ccc(Cl)cc2)N(CC(C)C)C1=O.Clc1ccccc1. The van der Waals surface area contributed by atoms with E-state index in [1.807, 2.05) is 66.4 Å². The van der Waals surface area contributed by atoms with Gasteiger partial charge >= 0.3 is 0 Å². The number of hydrogen-bond acceptors (Lipinski definition) is 4. The molecule has 2 aromatic rings. The van der Waals surface area contributed by atoms with Crippen molar-refractivity contribution in [1.82, 2.24) is 4.90 Å². The molecule has 1 aliphatic heterocycles. The molecule has 0 N–H and O–H groups in total. The van der Waals surface area contributed by atoms with Gasteiger partial charge in [0.25, 0.3) is 0 Å². The van der Waals surface area contributed by atoms with E-state index in [4.69, 9.17) is 23.2 Å². The second kappa shape index (κ2) is 16.2. The molecule has 0 bridgehead atoms. The Hall–Kier alpha value is -1.89. The Balaban J connectivity index is 0.000000397. The van der Waals surface area contributed by atoms with Crippen molar-refractivity contribution in [3.63, 3.8) is 0 Å². The Morgan fingerprint density at radius 3 is 1.86 bits per heavy atom. The Morgan fingerprint density at radius 1 is 0.946 bits per heavy atom. The maximum atomic E-state index is 12.9. The van der Waals surface area contributed by atoms with E-state index >= 15 is 0 Å². The lowest BCUT2D eigenvalue weighted by molar-refractivity contribution is -0.145. The number of benzene rings is 2. The number of Topliss-reactive ketones (excluding diaryl/α,β-unsaturated/α-hetero) is 1. The van der Waals surface area contributed by atoms with Gasteiger partial charge < -0.3 is 4.90 Å². The number of halogens is 2. The minimum Gasteiger partial charge on any atom is -0.335 e. The third-order valence-corrected chi connectivity index (χ3v) is 8.29. The number of nitrogens with zero attached hydrogens (tertiary/aromatic N) is 1. The van der Waals surface area contributed by atoms with Crippen molar-refractivity contribution < 1.29 is 18.0 Å². The van der Waals surface area contributed by atoms with Crippen LogP contribution < -0.4 is 0 Å². The number of rotatable bonds is 7. The number of likely N-dealkylation sites (tertiary alicyclic amines) is 1. The van der Waals surface area contributed by atoms with Crippen LogP contribution in [-0.2, 0) is 19.4 Å². The summed E-state index contributed by atoms with van der Waals surface area (Å²) in [4.78, 5) is 26.6. The summed E-state index contributed by atoms with van der Waals surface area (Å²) in [5, 5.41) is 1.27. The number of sulfone groups is 1. The first-order chi connectivity index (χ1) is 17.3. The van der Waals surface area contributed by atoms with E-state index in [2.05, 4.69) is 13.8 Å². The van der Waals surface area contributed by atoms with Crippen LogP contribution in [-0.4, -0.2) is 43.1 Å². The smallest absolute Gasteiger partial charge is 0.226 e. The molecule has 3 rings (SSSR count). The van der Waals surface area contributed by atoms with Crippen LogP contribution in [0.2, 0.25) is 10.0 Å². The lowest BCUT2D eigenvalue weighted by Crippen LogP contribution is -2.45. The number of ketones is 1. The third kappa shape index (κ3) is 12.5. The zero-order valence-electron chi connectivity index (χ0n) is 22.8. The first-order valence-electron chi connectivity index (χ1n) is 12.7. The quantitative estimate of drug-likeness (QED) is 0.347. The van der Waals surface area contributed by atoms with E-state index < -0.39 is 9.84 Å². The van der Waals surface area contributed by atoms with Crippen molar-refractivity contribution in [2.75, 3.05) is 12.8 Å². The Bertz CT molecular complexity index is 1070. The summed E-state index contributed by atoms with van der Waals surface area (Å²) in [6, 6.07) is 17.3. The number of hydrogen-bond donors (Lipinski definition) is 0. The molecular weight excluding hydrogens is 529 g/mol. The van der Waals surface area contributed by atoms with Gasteiger partial charge in [0, 0.05) is 41.6 Å². The van der Waals surface area contributed by atoms with Crippen LogP contribution in [0.3, 0.4) is 0 Å².